The number of hydrogen-bond acceptors (Lipinski definition) is 7. The summed E-state index contributed by atoms with van der Waals surface area (Å²) in [5.41, 5.74) is 2.77. The molecule has 7 atom stereocenters. The number of carbonyl (C=O) groups is 2. The molecule has 2 saturated carbocycles. The van der Waals surface area contributed by atoms with Gasteiger partial charge in [0.05, 0.1) is 29.7 Å². The third-order valence-corrected chi connectivity index (χ3v) is 12.1. The molecule has 4 aliphatic rings. The van der Waals surface area contributed by atoms with Crippen molar-refractivity contribution in [2.45, 2.75) is 29.2 Å². The van der Waals surface area contributed by atoms with Crippen molar-refractivity contribution in [2.75, 3.05) is 12.0 Å². The number of aromatic nitrogens is 1. The van der Waals surface area contributed by atoms with Crippen LogP contribution in [-0.2, 0) is 16.2 Å². The average Bonchev–Trinajstić information content (AvgIpc) is 3.75. The van der Waals surface area contributed by atoms with E-state index in [1.807, 2.05) is 42.5 Å². The number of anilines is 1. The molecule has 1 N–H and O–H groups in total. The highest BCUT2D eigenvalue weighted by atomic mass is 32.2. The van der Waals surface area contributed by atoms with E-state index >= 15 is 0 Å². The van der Waals surface area contributed by atoms with Crippen molar-refractivity contribution in [3.05, 3.63) is 105 Å². The van der Waals surface area contributed by atoms with E-state index in [9.17, 15) is 14.4 Å². The topological polar surface area (TPSA) is 88.7 Å². The molecule has 3 aromatic carbocycles. The number of ether oxygens (including phenoxy) is 2. The van der Waals surface area contributed by atoms with Crippen molar-refractivity contribution >= 4 is 40.6 Å². The Hall–Kier alpha value is -3.82. The fourth-order valence-electron chi connectivity index (χ4n) is 7.91. The zero-order chi connectivity index (χ0) is 28.5. The molecule has 42 heavy (non-hydrogen) atoms. The maximum atomic E-state index is 14.0. The Labute approximate surface area is 250 Å². The van der Waals surface area contributed by atoms with Crippen molar-refractivity contribution in [1.82, 2.24) is 4.98 Å². The molecule has 1 aromatic heterocycles. The molecule has 8 rings (SSSR count). The maximum Gasteiger partial charge on any atom is 0.305 e. The molecule has 212 valence electrons. The minimum absolute atomic E-state index is 0.0515. The highest BCUT2D eigenvalue weighted by Crippen LogP contribution is 2.68. The van der Waals surface area contributed by atoms with E-state index in [0.29, 0.717) is 18.0 Å². The summed E-state index contributed by atoms with van der Waals surface area (Å²) < 4.78 is 11.5. The van der Waals surface area contributed by atoms with E-state index in [1.165, 1.54) is 16.2 Å². The lowest BCUT2D eigenvalue weighted by Crippen LogP contribution is -2.42. The molecule has 7 nitrogen and oxygen atoms in total. The first-order valence-electron chi connectivity index (χ1n) is 14.2. The standard InChI is InChI=1S/C33H28N2O5S2/c1-39-20-12-10-19(11-13-20)35-31(36)26-22-15-23(27(26)32(35)37)28-25(22)24(29-30(41-28)34-33(38)42-29)18-8-5-9-21(14-18)40-16-17-6-3-2-4-7-17/h2-14,22-28H,15-16H2,1H3,(H,34,38)/t22-,23-,24?,25?,26?,27?,28?/m1/s1. The second-order valence-corrected chi connectivity index (χ2v) is 13.7. The Morgan fingerprint density at radius 2 is 1.64 bits per heavy atom. The third kappa shape index (κ3) is 3.90. The minimum atomic E-state index is -0.344. The zero-order valence-electron chi connectivity index (χ0n) is 22.8. The Balaban J connectivity index is 1.15. The predicted molar refractivity (Wildman–Crippen MR) is 161 cm³/mol. The molecule has 9 heteroatoms. The van der Waals surface area contributed by atoms with Gasteiger partial charge >= 0.3 is 4.87 Å². The lowest BCUT2D eigenvalue weighted by atomic mass is 9.68. The van der Waals surface area contributed by atoms with Gasteiger partial charge in [-0.05, 0) is 71.7 Å². The molecule has 5 unspecified atom stereocenters. The fraction of sp³-hybridized carbons (Fsp3) is 0.303. The van der Waals surface area contributed by atoms with Gasteiger partial charge in [0.15, 0.2) is 0 Å². The van der Waals surface area contributed by atoms with Crippen molar-refractivity contribution < 1.29 is 19.1 Å². The SMILES string of the molecule is COc1ccc(N2C(=O)C3C(C2=O)[C@@H]2C[C@H]3C3Sc4[nH]c(=O)sc4C(c4cccc(OCc5ccccc5)c4)C32)cc1. The first kappa shape index (κ1) is 25.9. The lowest BCUT2D eigenvalue weighted by Gasteiger charge is -2.43. The third-order valence-electron chi connectivity index (χ3n) is 9.52. The number of benzene rings is 3. The molecule has 1 saturated heterocycles. The summed E-state index contributed by atoms with van der Waals surface area (Å²) in [4.78, 5) is 45.9. The molecule has 2 amide bonds. The van der Waals surface area contributed by atoms with Crippen LogP contribution in [0.2, 0.25) is 0 Å². The van der Waals surface area contributed by atoms with E-state index in [1.54, 1.807) is 43.1 Å². The molecular formula is C33H28N2O5S2. The van der Waals surface area contributed by atoms with Crippen LogP contribution in [0.4, 0.5) is 5.69 Å². The van der Waals surface area contributed by atoms with Gasteiger partial charge in [-0.25, -0.2) is 0 Å². The number of nitrogens with one attached hydrogen (secondary N) is 1. The summed E-state index contributed by atoms with van der Waals surface area (Å²) in [5.74, 6) is 0.800. The Morgan fingerprint density at radius 3 is 2.40 bits per heavy atom. The summed E-state index contributed by atoms with van der Waals surface area (Å²) in [6, 6.07) is 25.4. The van der Waals surface area contributed by atoms with E-state index in [-0.39, 0.29) is 57.4 Å². The molecule has 0 spiro atoms. The summed E-state index contributed by atoms with van der Waals surface area (Å²) >= 11 is 2.97. The summed E-state index contributed by atoms with van der Waals surface area (Å²) in [6.07, 6.45) is 0.853. The largest absolute Gasteiger partial charge is 0.497 e. The first-order valence-corrected chi connectivity index (χ1v) is 15.9. The van der Waals surface area contributed by atoms with E-state index in [4.69, 9.17) is 9.47 Å². The lowest BCUT2D eigenvalue weighted by molar-refractivity contribution is -0.123. The number of carbonyl (C=O) groups excluding carboxylic acids is 2. The van der Waals surface area contributed by atoms with Gasteiger partial charge < -0.3 is 14.5 Å². The van der Waals surface area contributed by atoms with Crippen LogP contribution in [0.25, 0.3) is 0 Å². The van der Waals surface area contributed by atoms with Crippen molar-refractivity contribution in [3.63, 3.8) is 0 Å². The molecule has 2 bridgehead atoms. The summed E-state index contributed by atoms with van der Waals surface area (Å²) in [7, 11) is 1.59. The van der Waals surface area contributed by atoms with Gasteiger partial charge in [-0.15, -0.1) is 11.8 Å². The van der Waals surface area contributed by atoms with Crippen LogP contribution in [-0.4, -0.2) is 29.2 Å². The van der Waals surface area contributed by atoms with Crippen LogP contribution in [0.15, 0.2) is 88.7 Å². The van der Waals surface area contributed by atoms with Gasteiger partial charge in [-0.3, -0.25) is 19.3 Å². The number of thioether (sulfide) groups is 1. The highest BCUT2D eigenvalue weighted by Gasteiger charge is 2.69. The molecular weight excluding hydrogens is 569 g/mol. The van der Waals surface area contributed by atoms with E-state index < -0.39 is 0 Å². The molecule has 3 fully saturated rings. The summed E-state index contributed by atoms with van der Waals surface area (Å²) in [6.45, 7) is 0.464. The van der Waals surface area contributed by atoms with Gasteiger partial charge in [0.1, 0.15) is 18.1 Å². The number of hydrogen-bond donors (Lipinski definition) is 1. The molecule has 2 aliphatic carbocycles. The van der Waals surface area contributed by atoms with Crippen LogP contribution in [0.3, 0.4) is 0 Å². The molecule has 3 heterocycles. The monoisotopic (exact) mass is 596 g/mol. The number of nitrogens with zero attached hydrogens (tertiary/aromatic N) is 1. The first-order chi connectivity index (χ1) is 20.5. The number of thiazole rings is 1. The second kappa shape index (κ2) is 9.88. The van der Waals surface area contributed by atoms with Crippen molar-refractivity contribution in [3.8, 4) is 11.5 Å². The van der Waals surface area contributed by atoms with Crippen molar-refractivity contribution in [1.29, 1.82) is 0 Å². The number of amides is 2. The molecule has 4 aromatic rings. The average molecular weight is 597 g/mol. The zero-order valence-corrected chi connectivity index (χ0v) is 24.4. The van der Waals surface area contributed by atoms with Crippen molar-refractivity contribution in [2.24, 2.45) is 29.6 Å². The number of imide groups is 1. The fourth-order valence-corrected chi connectivity index (χ4v) is 10.8. The van der Waals surface area contributed by atoms with Gasteiger partial charge in [0, 0.05) is 16.0 Å². The smallest absolute Gasteiger partial charge is 0.305 e. The van der Waals surface area contributed by atoms with Crippen LogP contribution in [0.5, 0.6) is 11.5 Å². The Morgan fingerprint density at radius 1 is 0.881 bits per heavy atom. The quantitative estimate of drug-likeness (QED) is 0.287. The number of H-pyrrole nitrogens is 1. The maximum absolute atomic E-state index is 14.0. The van der Waals surface area contributed by atoms with Crippen LogP contribution in [0, 0.1) is 29.6 Å². The predicted octanol–water partition coefficient (Wildman–Crippen LogP) is 5.70. The number of methoxy groups -OCH3 is 1. The number of fused-ring (bicyclic) bond motifs is 9. The molecule has 0 radical (unpaired) electrons. The minimum Gasteiger partial charge on any atom is -0.497 e. The van der Waals surface area contributed by atoms with Crippen LogP contribution >= 0.6 is 23.1 Å². The normalized spacial score (nSPS) is 28.9. The number of aromatic amines is 1. The van der Waals surface area contributed by atoms with Gasteiger partial charge in [-0.2, -0.15) is 0 Å². The summed E-state index contributed by atoms with van der Waals surface area (Å²) in [5, 5.41) is 1.04. The van der Waals surface area contributed by atoms with Gasteiger partial charge in [0.2, 0.25) is 11.8 Å². The van der Waals surface area contributed by atoms with E-state index in [2.05, 4.69) is 17.1 Å². The van der Waals surface area contributed by atoms with Crippen LogP contribution in [0.1, 0.15) is 28.3 Å². The second-order valence-electron chi connectivity index (χ2n) is 11.5. The van der Waals surface area contributed by atoms with E-state index in [0.717, 1.165) is 33.2 Å². The van der Waals surface area contributed by atoms with Crippen LogP contribution < -0.4 is 19.2 Å². The van der Waals surface area contributed by atoms with Gasteiger partial charge in [-0.1, -0.05) is 53.8 Å². The number of rotatable bonds is 6. The molecule has 2 aliphatic heterocycles. The Kier molecular flexibility index (Phi) is 6.08. The Bertz CT molecular complexity index is 1750. The highest BCUT2D eigenvalue weighted by molar-refractivity contribution is 8.00. The van der Waals surface area contributed by atoms with Gasteiger partial charge in [0.25, 0.3) is 0 Å².